The molecule has 2 heterocycles. The first-order valence-electron chi connectivity index (χ1n) is 8.69. The van der Waals surface area contributed by atoms with E-state index in [2.05, 4.69) is 15.6 Å². The Morgan fingerprint density at radius 2 is 1.96 bits per heavy atom. The molecule has 0 aliphatic rings. The maximum Gasteiger partial charge on any atom is 0.287 e. The molecule has 6 nitrogen and oxygen atoms in total. The summed E-state index contributed by atoms with van der Waals surface area (Å²) in [4.78, 5) is 29.6. The van der Waals surface area contributed by atoms with Gasteiger partial charge < -0.3 is 10.6 Å². The minimum absolute atomic E-state index is 0.179. The van der Waals surface area contributed by atoms with Crippen molar-refractivity contribution in [2.24, 2.45) is 5.92 Å². The molecular weight excluding hydrogens is 364 g/mol. The van der Waals surface area contributed by atoms with E-state index in [-0.39, 0.29) is 17.4 Å². The van der Waals surface area contributed by atoms with Crippen molar-refractivity contribution in [3.05, 3.63) is 64.7 Å². The summed E-state index contributed by atoms with van der Waals surface area (Å²) in [5.41, 5.74) is 2.23. The second-order valence-corrected chi connectivity index (χ2v) is 7.17. The summed E-state index contributed by atoms with van der Waals surface area (Å²) >= 11 is 6.12. The fourth-order valence-corrected chi connectivity index (χ4v) is 2.78. The van der Waals surface area contributed by atoms with Crippen molar-refractivity contribution in [2.75, 3.05) is 11.9 Å². The molecule has 0 aliphatic heterocycles. The normalized spacial score (nSPS) is 11.0. The number of halogens is 1. The molecule has 3 aromatic rings. The molecule has 0 saturated heterocycles. The van der Waals surface area contributed by atoms with Crippen LogP contribution in [0.5, 0.6) is 0 Å². The van der Waals surface area contributed by atoms with Crippen LogP contribution in [0.4, 0.5) is 5.69 Å². The summed E-state index contributed by atoms with van der Waals surface area (Å²) < 4.78 is 1.62. The summed E-state index contributed by atoms with van der Waals surface area (Å²) in [5.74, 6) is -0.226. The lowest BCUT2D eigenvalue weighted by atomic mass is 10.2. The Balaban J connectivity index is 1.93. The van der Waals surface area contributed by atoms with Crippen LogP contribution in [0.3, 0.4) is 0 Å². The van der Waals surface area contributed by atoms with Gasteiger partial charge in [0.25, 0.3) is 11.8 Å². The van der Waals surface area contributed by atoms with Crippen LogP contribution in [0.1, 0.15) is 40.5 Å². The highest BCUT2D eigenvalue weighted by atomic mass is 35.5. The number of aromatic nitrogens is 2. The van der Waals surface area contributed by atoms with Crippen molar-refractivity contribution in [1.29, 1.82) is 0 Å². The number of pyridine rings is 1. The molecule has 0 spiro atoms. The van der Waals surface area contributed by atoms with Gasteiger partial charge in [-0.3, -0.25) is 14.0 Å². The fraction of sp³-hybridized carbons (Fsp3) is 0.250. The molecule has 0 fully saturated rings. The van der Waals surface area contributed by atoms with Crippen LogP contribution in [0.25, 0.3) is 5.52 Å². The SMILES string of the molecule is Cc1ccc(NC(=O)c2nc(C(=O)NCC(C)C)n3ccccc23)cc1Cl. The number of hydrogen-bond acceptors (Lipinski definition) is 3. The van der Waals surface area contributed by atoms with E-state index < -0.39 is 5.91 Å². The van der Waals surface area contributed by atoms with E-state index in [1.807, 2.05) is 26.8 Å². The number of amides is 2. The fourth-order valence-electron chi connectivity index (χ4n) is 2.60. The van der Waals surface area contributed by atoms with Gasteiger partial charge in [-0.2, -0.15) is 0 Å². The lowest BCUT2D eigenvalue weighted by Gasteiger charge is -2.06. The van der Waals surface area contributed by atoms with Gasteiger partial charge in [-0.25, -0.2) is 4.98 Å². The first-order valence-corrected chi connectivity index (χ1v) is 9.07. The number of carbonyl (C=O) groups excluding carboxylic acids is 2. The Morgan fingerprint density at radius 1 is 1.19 bits per heavy atom. The first-order chi connectivity index (χ1) is 12.9. The molecule has 2 N–H and O–H groups in total. The van der Waals surface area contributed by atoms with E-state index >= 15 is 0 Å². The Labute approximate surface area is 162 Å². The smallest absolute Gasteiger partial charge is 0.287 e. The zero-order chi connectivity index (χ0) is 19.6. The summed E-state index contributed by atoms with van der Waals surface area (Å²) in [6.45, 7) is 6.44. The number of fused-ring (bicyclic) bond motifs is 1. The van der Waals surface area contributed by atoms with Crippen LogP contribution in [0.15, 0.2) is 42.6 Å². The minimum Gasteiger partial charge on any atom is -0.349 e. The van der Waals surface area contributed by atoms with Gasteiger partial charge in [-0.15, -0.1) is 0 Å². The standard InChI is InChI=1S/C20H21ClN4O2/c1-12(2)11-22-20(27)18-24-17(16-6-4-5-9-25(16)18)19(26)23-14-8-7-13(3)15(21)10-14/h4-10,12H,11H2,1-3H3,(H,22,27)(H,23,26). The Kier molecular flexibility index (Phi) is 5.46. The molecule has 2 aromatic heterocycles. The number of imidazole rings is 1. The molecule has 7 heteroatoms. The third-order valence-corrected chi connectivity index (χ3v) is 4.47. The molecular formula is C20H21ClN4O2. The van der Waals surface area contributed by atoms with Crippen molar-refractivity contribution in [1.82, 2.24) is 14.7 Å². The summed E-state index contributed by atoms with van der Waals surface area (Å²) in [6.07, 6.45) is 1.71. The van der Waals surface area contributed by atoms with Gasteiger partial charge in [-0.05, 0) is 42.7 Å². The number of anilines is 1. The molecule has 0 atom stereocenters. The molecule has 2 amide bonds. The number of rotatable bonds is 5. The molecule has 0 unspecified atom stereocenters. The lowest BCUT2D eigenvalue weighted by Crippen LogP contribution is -2.29. The number of hydrogen-bond donors (Lipinski definition) is 2. The van der Waals surface area contributed by atoms with Crippen molar-refractivity contribution >= 4 is 34.6 Å². The topological polar surface area (TPSA) is 75.5 Å². The van der Waals surface area contributed by atoms with E-state index in [9.17, 15) is 9.59 Å². The Hall–Kier alpha value is -2.86. The second kappa shape index (κ2) is 7.80. The molecule has 140 valence electrons. The van der Waals surface area contributed by atoms with Gasteiger partial charge in [0.1, 0.15) is 0 Å². The molecule has 0 saturated carbocycles. The van der Waals surface area contributed by atoms with Crippen molar-refractivity contribution in [3.8, 4) is 0 Å². The third-order valence-electron chi connectivity index (χ3n) is 4.07. The summed E-state index contributed by atoms with van der Waals surface area (Å²) in [5, 5.41) is 6.19. The number of nitrogens with one attached hydrogen (secondary N) is 2. The van der Waals surface area contributed by atoms with Crippen LogP contribution in [0.2, 0.25) is 5.02 Å². The Bertz CT molecular complexity index is 1010. The highest BCUT2D eigenvalue weighted by Crippen LogP contribution is 2.21. The molecule has 0 bridgehead atoms. The number of carbonyl (C=O) groups is 2. The largest absolute Gasteiger partial charge is 0.349 e. The van der Waals surface area contributed by atoms with Gasteiger partial charge >= 0.3 is 0 Å². The number of benzene rings is 1. The van der Waals surface area contributed by atoms with E-state index in [4.69, 9.17) is 11.6 Å². The predicted molar refractivity (Wildman–Crippen MR) is 107 cm³/mol. The van der Waals surface area contributed by atoms with Crippen LogP contribution in [-0.4, -0.2) is 27.7 Å². The first kappa shape index (κ1) is 18.9. The van der Waals surface area contributed by atoms with Crippen molar-refractivity contribution in [3.63, 3.8) is 0 Å². The van der Waals surface area contributed by atoms with E-state index in [0.29, 0.717) is 28.7 Å². The highest BCUT2D eigenvalue weighted by molar-refractivity contribution is 6.31. The zero-order valence-electron chi connectivity index (χ0n) is 15.4. The monoisotopic (exact) mass is 384 g/mol. The maximum atomic E-state index is 12.8. The minimum atomic E-state index is -0.401. The van der Waals surface area contributed by atoms with Gasteiger partial charge in [0, 0.05) is 23.5 Å². The van der Waals surface area contributed by atoms with Crippen molar-refractivity contribution < 1.29 is 9.59 Å². The van der Waals surface area contributed by atoms with Crippen LogP contribution >= 0.6 is 11.6 Å². The number of nitrogens with zero attached hydrogens (tertiary/aromatic N) is 2. The van der Waals surface area contributed by atoms with Crippen LogP contribution in [0, 0.1) is 12.8 Å². The highest BCUT2D eigenvalue weighted by Gasteiger charge is 2.21. The molecule has 0 radical (unpaired) electrons. The molecule has 27 heavy (non-hydrogen) atoms. The van der Waals surface area contributed by atoms with Gasteiger partial charge in [0.15, 0.2) is 5.69 Å². The molecule has 0 aliphatic carbocycles. The van der Waals surface area contributed by atoms with Gasteiger partial charge in [-0.1, -0.05) is 37.6 Å². The van der Waals surface area contributed by atoms with E-state index in [1.54, 1.807) is 40.9 Å². The van der Waals surface area contributed by atoms with Gasteiger partial charge in [0.05, 0.1) is 5.52 Å². The van der Waals surface area contributed by atoms with Crippen LogP contribution in [-0.2, 0) is 0 Å². The summed E-state index contributed by atoms with van der Waals surface area (Å²) in [7, 11) is 0. The second-order valence-electron chi connectivity index (χ2n) is 6.76. The van der Waals surface area contributed by atoms with E-state index in [1.165, 1.54) is 0 Å². The van der Waals surface area contributed by atoms with Gasteiger partial charge in [0.2, 0.25) is 5.82 Å². The summed E-state index contributed by atoms with van der Waals surface area (Å²) in [6, 6.07) is 10.6. The predicted octanol–water partition coefficient (Wildman–Crippen LogP) is 3.93. The average Bonchev–Trinajstić information content (AvgIpc) is 3.02. The van der Waals surface area contributed by atoms with E-state index in [0.717, 1.165) is 5.56 Å². The van der Waals surface area contributed by atoms with Crippen LogP contribution < -0.4 is 10.6 Å². The molecule has 3 rings (SSSR count). The maximum absolute atomic E-state index is 12.8. The zero-order valence-corrected chi connectivity index (χ0v) is 16.2. The quantitative estimate of drug-likeness (QED) is 0.699. The third kappa shape index (κ3) is 4.11. The average molecular weight is 385 g/mol. The number of aryl methyl sites for hydroxylation is 1. The molecule has 1 aromatic carbocycles. The Morgan fingerprint density at radius 3 is 2.67 bits per heavy atom. The van der Waals surface area contributed by atoms with Crippen molar-refractivity contribution in [2.45, 2.75) is 20.8 Å². The lowest BCUT2D eigenvalue weighted by molar-refractivity contribution is 0.0938.